The maximum atomic E-state index is 14.3. The highest BCUT2D eigenvalue weighted by Crippen LogP contribution is 2.61. The highest BCUT2D eigenvalue weighted by atomic mass is 35.5. The summed E-state index contributed by atoms with van der Waals surface area (Å²) in [5.41, 5.74) is 5.25. The Hall–Kier alpha value is -3.93. The van der Waals surface area contributed by atoms with Gasteiger partial charge in [0.2, 0.25) is 0 Å². The van der Waals surface area contributed by atoms with Crippen LogP contribution in [0.3, 0.4) is 0 Å². The molecule has 0 N–H and O–H groups in total. The van der Waals surface area contributed by atoms with Gasteiger partial charge < -0.3 is 0 Å². The highest BCUT2D eigenvalue weighted by Gasteiger charge is 2.63. The number of carbonyl (C=O) groups excluding carboxylic acids is 3. The average Bonchev–Trinajstić information content (AvgIpc) is 3.22. The minimum Gasteiger partial charge on any atom is -0.272 e. The van der Waals surface area contributed by atoms with E-state index in [0.717, 1.165) is 27.3 Å². The van der Waals surface area contributed by atoms with Crippen LogP contribution < -0.4 is 0 Å². The molecule has 0 spiro atoms. The number of nitrogens with zero attached hydrogens (tertiary/aromatic N) is 2. The number of amides is 3. The maximum Gasteiger partial charge on any atom is 0.273 e. The summed E-state index contributed by atoms with van der Waals surface area (Å²) >= 11 is 12.5. The minimum atomic E-state index is -0.598. The lowest BCUT2D eigenvalue weighted by Gasteiger charge is -2.45. The molecule has 4 aromatic carbocycles. The molecule has 4 aliphatic rings. The SMILES string of the molecule is O=C(c1ccc(Cl)cc1)N(Cc1ccccc1Cl)N1C(=O)[C@@H]2C3c4ccccc4C(c4ccccc43)[C@H]2C1=O. The molecule has 7 heteroatoms. The summed E-state index contributed by atoms with van der Waals surface area (Å²) in [5.74, 6) is -2.92. The number of hydrazine groups is 1. The van der Waals surface area contributed by atoms with Crippen molar-refractivity contribution in [2.24, 2.45) is 11.8 Å². The summed E-state index contributed by atoms with van der Waals surface area (Å²) in [6.45, 7) is -0.0344. The van der Waals surface area contributed by atoms with Crippen molar-refractivity contribution in [3.8, 4) is 0 Å². The minimum absolute atomic E-state index is 0.0344. The zero-order chi connectivity index (χ0) is 26.8. The molecular formula is C32H22Cl2N2O3. The third-order valence-corrected chi connectivity index (χ3v) is 8.89. The van der Waals surface area contributed by atoms with Crippen LogP contribution in [0.15, 0.2) is 97.1 Å². The van der Waals surface area contributed by atoms with Gasteiger partial charge in [-0.3, -0.25) is 14.4 Å². The third kappa shape index (κ3) is 3.57. The second-order valence-electron chi connectivity index (χ2n) is 10.2. The molecule has 1 saturated heterocycles. The van der Waals surface area contributed by atoms with Crippen molar-refractivity contribution in [2.45, 2.75) is 18.4 Å². The van der Waals surface area contributed by atoms with Gasteiger partial charge in [-0.05, 0) is 58.1 Å². The normalized spacial score (nSPS) is 22.4. The first kappa shape index (κ1) is 24.1. The Morgan fingerprint density at radius 3 is 1.62 bits per heavy atom. The van der Waals surface area contributed by atoms with Gasteiger partial charge in [-0.2, -0.15) is 5.01 Å². The van der Waals surface area contributed by atoms with Crippen LogP contribution in [-0.2, 0) is 16.1 Å². The third-order valence-electron chi connectivity index (χ3n) is 8.27. The van der Waals surface area contributed by atoms with Crippen molar-refractivity contribution in [3.63, 3.8) is 0 Å². The molecule has 1 heterocycles. The summed E-state index contributed by atoms with van der Waals surface area (Å²) in [6.07, 6.45) is 0. The van der Waals surface area contributed by atoms with Gasteiger partial charge in [0.25, 0.3) is 17.7 Å². The molecule has 8 rings (SSSR count). The Morgan fingerprint density at radius 1 is 0.667 bits per heavy atom. The predicted octanol–water partition coefficient (Wildman–Crippen LogP) is 6.44. The van der Waals surface area contributed by atoms with Gasteiger partial charge in [0, 0.05) is 27.4 Å². The molecule has 2 atom stereocenters. The van der Waals surface area contributed by atoms with Crippen LogP contribution in [0.25, 0.3) is 0 Å². The van der Waals surface area contributed by atoms with Crippen LogP contribution in [-0.4, -0.2) is 27.7 Å². The molecule has 2 bridgehead atoms. The van der Waals surface area contributed by atoms with E-state index in [1.54, 1.807) is 42.5 Å². The lowest BCUT2D eigenvalue weighted by atomic mass is 9.55. The first-order chi connectivity index (χ1) is 19.0. The molecule has 4 aromatic rings. The van der Waals surface area contributed by atoms with E-state index in [1.807, 2.05) is 30.3 Å². The Balaban J connectivity index is 1.36. The fraction of sp³-hybridized carbons (Fsp3) is 0.156. The standard InChI is InChI=1S/C32H22Cl2N2O3/c33-20-15-13-18(14-16-20)30(37)35(17-19-7-1-6-12-25(19)34)36-31(38)28-26-21-8-2-3-9-22(21)27(29(28)32(36)39)24-11-5-4-10-23(24)26/h1-16,26-29H,17H2/t26?,27?,28-,29-/m1/s1. The smallest absolute Gasteiger partial charge is 0.272 e. The summed E-state index contributed by atoms with van der Waals surface area (Å²) in [7, 11) is 0. The second-order valence-corrected chi connectivity index (χ2v) is 11.1. The van der Waals surface area contributed by atoms with Crippen LogP contribution in [0.2, 0.25) is 10.0 Å². The number of carbonyl (C=O) groups is 3. The van der Waals surface area contributed by atoms with Crippen molar-refractivity contribution in [3.05, 3.63) is 140 Å². The Labute approximate surface area is 235 Å². The van der Waals surface area contributed by atoms with Crippen LogP contribution in [0.1, 0.15) is 50.0 Å². The molecule has 3 aliphatic carbocycles. The van der Waals surface area contributed by atoms with E-state index in [2.05, 4.69) is 24.3 Å². The molecule has 1 aliphatic heterocycles. The number of benzene rings is 4. The van der Waals surface area contributed by atoms with Gasteiger partial charge in [-0.15, -0.1) is 0 Å². The van der Waals surface area contributed by atoms with Crippen LogP contribution >= 0.6 is 23.2 Å². The van der Waals surface area contributed by atoms with Crippen molar-refractivity contribution >= 4 is 40.9 Å². The molecule has 39 heavy (non-hydrogen) atoms. The average molecular weight is 553 g/mol. The molecular weight excluding hydrogens is 531 g/mol. The quantitative estimate of drug-likeness (QED) is 0.273. The van der Waals surface area contributed by atoms with E-state index in [1.165, 1.54) is 5.01 Å². The molecule has 0 radical (unpaired) electrons. The van der Waals surface area contributed by atoms with E-state index in [9.17, 15) is 14.4 Å². The van der Waals surface area contributed by atoms with Gasteiger partial charge in [-0.1, -0.05) is 89.9 Å². The zero-order valence-corrected chi connectivity index (χ0v) is 22.1. The molecule has 1 fully saturated rings. The molecule has 0 aromatic heterocycles. The maximum absolute atomic E-state index is 14.3. The Kier molecular flexibility index (Phi) is 5.62. The molecule has 0 unspecified atom stereocenters. The topological polar surface area (TPSA) is 57.7 Å². The van der Waals surface area contributed by atoms with Crippen LogP contribution in [0, 0.1) is 11.8 Å². The van der Waals surface area contributed by atoms with Gasteiger partial charge in [0.05, 0.1) is 18.4 Å². The van der Waals surface area contributed by atoms with E-state index in [-0.39, 0.29) is 30.2 Å². The van der Waals surface area contributed by atoms with Gasteiger partial charge in [0.1, 0.15) is 0 Å². The zero-order valence-electron chi connectivity index (χ0n) is 20.6. The fourth-order valence-electron chi connectivity index (χ4n) is 6.66. The Morgan fingerprint density at radius 2 is 1.13 bits per heavy atom. The van der Waals surface area contributed by atoms with Crippen molar-refractivity contribution in [2.75, 3.05) is 0 Å². The van der Waals surface area contributed by atoms with Gasteiger partial charge in [-0.25, -0.2) is 5.01 Å². The Bertz CT molecular complexity index is 1550. The summed E-state index contributed by atoms with van der Waals surface area (Å²) in [6, 6.07) is 29.7. The summed E-state index contributed by atoms with van der Waals surface area (Å²) < 4.78 is 0. The number of imide groups is 1. The molecule has 3 amide bonds. The molecule has 5 nitrogen and oxygen atoms in total. The lowest BCUT2D eigenvalue weighted by molar-refractivity contribution is -0.155. The van der Waals surface area contributed by atoms with Gasteiger partial charge in [0.15, 0.2) is 0 Å². The fourth-order valence-corrected chi connectivity index (χ4v) is 6.98. The number of rotatable bonds is 4. The summed E-state index contributed by atoms with van der Waals surface area (Å²) in [5, 5.41) is 3.27. The summed E-state index contributed by atoms with van der Waals surface area (Å²) in [4.78, 5) is 42.6. The lowest BCUT2D eigenvalue weighted by Crippen LogP contribution is -2.50. The van der Waals surface area contributed by atoms with Crippen LogP contribution in [0.5, 0.6) is 0 Å². The largest absolute Gasteiger partial charge is 0.273 e. The predicted molar refractivity (Wildman–Crippen MR) is 148 cm³/mol. The van der Waals surface area contributed by atoms with Crippen LogP contribution in [0.4, 0.5) is 0 Å². The molecule has 192 valence electrons. The van der Waals surface area contributed by atoms with Crippen molar-refractivity contribution in [1.29, 1.82) is 0 Å². The van der Waals surface area contributed by atoms with E-state index in [4.69, 9.17) is 23.2 Å². The van der Waals surface area contributed by atoms with E-state index in [0.29, 0.717) is 21.2 Å². The van der Waals surface area contributed by atoms with Gasteiger partial charge >= 0.3 is 0 Å². The second kappa shape index (κ2) is 9.08. The number of halogens is 2. The van der Waals surface area contributed by atoms with Crippen molar-refractivity contribution < 1.29 is 14.4 Å². The number of hydrogen-bond donors (Lipinski definition) is 0. The number of hydrogen-bond acceptors (Lipinski definition) is 3. The monoisotopic (exact) mass is 552 g/mol. The van der Waals surface area contributed by atoms with E-state index >= 15 is 0 Å². The van der Waals surface area contributed by atoms with E-state index < -0.39 is 17.7 Å². The highest BCUT2D eigenvalue weighted by molar-refractivity contribution is 6.31. The first-order valence-corrected chi connectivity index (χ1v) is 13.6. The first-order valence-electron chi connectivity index (χ1n) is 12.8. The van der Waals surface area contributed by atoms with Crippen molar-refractivity contribution in [1.82, 2.24) is 10.0 Å². The molecule has 0 saturated carbocycles.